The van der Waals surface area contributed by atoms with Gasteiger partial charge in [-0.15, -0.1) is 24.8 Å². The van der Waals surface area contributed by atoms with Crippen LogP contribution in [0.4, 0.5) is 0 Å². The van der Waals surface area contributed by atoms with Gasteiger partial charge in [0.2, 0.25) is 5.91 Å². The van der Waals surface area contributed by atoms with Crippen LogP contribution in [0.15, 0.2) is 6.07 Å². The van der Waals surface area contributed by atoms with Gasteiger partial charge < -0.3 is 15.4 Å². The molecule has 1 saturated heterocycles. The van der Waals surface area contributed by atoms with E-state index in [1.807, 2.05) is 24.8 Å². The third kappa shape index (κ3) is 6.67. The molecule has 2 rings (SSSR count). The monoisotopic (exact) mass is 366 g/mol. The summed E-state index contributed by atoms with van der Waals surface area (Å²) in [6, 6.07) is 1.99. The van der Waals surface area contributed by atoms with Crippen molar-refractivity contribution in [2.24, 2.45) is 5.73 Å². The van der Waals surface area contributed by atoms with Gasteiger partial charge in [-0.25, -0.2) is 0 Å². The molecule has 0 unspecified atom stereocenters. The summed E-state index contributed by atoms with van der Waals surface area (Å²) in [6.45, 7) is 7.18. The molecule has 1 fully saturated rings. The normalized spacial score (nSPS) is 15.0. The molecule has 0 saturated carbocycles. The number of hydrogen-bond donors (Lipinski definition) is 1. The number of aromatic nitrogens is 2. The number of carbonyl (C=O) groups excluding carboxylic acids is 1. The van der Waals surface area contributed by atoms with Gasteiger partial charge >= 0.3 is 0 Å². The predicted molar refractivity (Wildman–Crippen MR) is 95.4 cm³/mol. The summed E-state index contributed by atoms with van der Waals surface area (Å²) in [5.41, 5.74) is 7.43. The first-order valence-electron chi connectivity index (χ1n) is 7.70. The molecule has 23 heavy (non-hydrogen) atoms. The van der Waals surface area contributed by atoms with Crippen LogP contribution in [-0.4, -0.2) is 52.9 Å². The van der Waals surface area contributed by atoms with Gasteiger partial charge in [0.25, 0.3) is 0 Å². The maximum Gasteiger partial charge on any atom is 0.244 e. The van der Waals surface area contributed by atoms with Gasteiger partial charge in [-0.3, -0.25) is 9.48 Å². The van der Waals surface area contributed by atoms with E-state index in [4.69, 9.17) is 10.5 Å². The Bertz CT molecular complexity index is 474. The fourth-order valence-electron chi connectivity index (χ4n) is 2.67. The number of nitrogens with two attached hydrogens (primary N) is 1. The standard InChI is InChI=1S/C15H26N4O2.2ClH/c1-12-10-13(2)19(17-12)11-15(20)18-7-4-14(5-8-18)21-9-3-6-16;;/h10,14H,3-9,11,16H2,1-2H3;2*1H. The fraction of sp³-hybridized carbons (Fsp3) is 0.733. The average molecular weight is 367 g/mol. The molecule has 1 aromatic heterocycles. The average Bonchev–Trinajstić information content (AvgIpc) is 2.78. The Labute approximate surface area is 150 Å². The van der Waals surface area contributed by atoms with Gasteiger partial charge in [0, 0.05) is 25.4 Å². The summed E-state index contributed by atoms with van der Waals surface area (Å²) in [5, 5.41) is 4.34. The first-order chi connectivity index (χ1) is 10.1. The van der Waals surface area contributed by atoms with Crippen molar-refractivity contribution in [1.82, 2.24) is 14.7 Å². The van der Waals surface area contributed by atoms with Gasteiger partial charge in [-0.2, -0.15) is 5.10 Å². The minimum Gasteiger partial charge on any atom is -0.378 e. The highest BCUT2D eigenvalue weighted by Crippen LogP contribution is 2.14. The Kier molecular flexibility index (Phi) is 10.5. The zero-order valence-electron chi connectivity index (χ0n) is 13.9. The molecule has 0 bridgehead atoms. The van der Waals surface area contributed by atoms with E-state index in [0.717, 1.165) is 50.3 Å². The van der Waals surface area contributed by atoms with Crippen LogP contribution >= 0.6 is 24.8 Å². The van der Waals surface area contributed by atoms with Crippen LogP contribution in [0.3, 0.4) is 0 Å². The number of rotatable bonds is 6. The molecule has 0 aliphatic carbocycles. The molecule has 2 heterocycles. The summed E-state index contributed by atoms with van der Waals surface area (Å²) in [5.74, 6) is 0.140. The van der Waals surface area contributed by atoms with Gasteiger partial charge in [0.15, 0.2) is 0 Å². The molecule has 0 aromatic carbocycles. The van der Waals surface area contributed by atoms with Gasteiger partial charge in [0.05, 0.1) is 11.8 Å². The molecule has 6 nitrogen and oxygen atoms in total. The lowest BCUT2D eigenvalue weighted by atomic mass is 10.1. The first kappa shape index (κ1) is 22.2. The Morgan fingerprint density at radius 1 is 1.35 bits per heavy atom. The van der Waals surface area contributed by atoms with Crippen molar-refractivity contribution in [2.45, 2.75) is 45.8 Å². The Hall–Kier alpha value is -0.820. The molecule has 8 heteroatoms. The third-order valence-corrected chi connectivity index (χ3v) is 3.89. The number of halogens is 2. The van der Waals surface area contributed by atoms with E-state index in [1.54, 1.807) is 4.68 Å². The number of carbonyl (C=O) groups is 1. The maximum atomic E-state index is 12.3. The summed E-state index contributed by atoms with van der Waals surface area (Å²) in [6.07, 6.45) is 2.99. The van der Waals surface area contributed by atoms with Gasteiger partial charge in [-0.1, -0.05) is 0 Å². The minimum atomic E-state index is 0. The van der Waals surface area contributed by atoms with Crippen molar-refractivity contribution in [3.05, 3.63) is 17.5 Å². The lowest BCUT2D eigenvalue weighted by molar-refractivity contribution is -0.134. The van der Waals surface area contributed by atoms with Crippen molar-refractivity contribution in [3.63, 3.8) is 0 Å². The van der Waals surface area contributed by atoms with E-state index >= 15 is 0 Å². The number of aryl methyl sites for hydroxylation is 2. The number of piperidine rings is 1. The van der Waals surface area contributed by atoms with Crippen LogP contribution in [0.5, 0.6) is 0 Å². The van der Waals surface area contributed by atoms with E-state index in [0.29, 0.717) is 13.1 Å². The van der Waals surface area contributed by atoms with Crippen molar-refractivity contribution in [3.8, 4) is 0 Å². The van der Waals surface area contributed by atoms with Crippen LogP contribution < -0.4 is 5.73 Å². The molecule has 0 spiro atoms. The SMILES string of the molecule is Cc1cc(C)n(CC(=O)N2CCC(OCCCN)CC2)n1.Cl.Cl. The molecule has 0 atom stereocenters. The minimum absolute atomic E-state index is 0. The first-order valence-corrected chi connectivity index (χ1v) is 7.70. The second-order valence-corrected chi connectivity index (χ2v) is 5.68. The highest BCUT2D eigenvalue weighted by molar-refractivity contribution is 5.85. The molecule has 1 aliphatic heterocycles. The second kappa shape index (κ2) is 10.9. The largest absolute Gasteiger partial charge is 0.378 e. The number of hydrogen-bond acceptors (Lipinski definition) is 4. The molecule has 134 valence electrons. The molecular weight excluding hydrogens is 339 g/mol. The van der Waals surface area contributed by atoms with E-state index in [9.17, 15) is 4.79 Å². The smallest absolute Gasteiger partial charge is 0.244 e. The fourth-order valence-corrected chi connectivity index (χ4v) is 2.67. The van der Waals surface area contributed by atoms with Crippen LogP contribution in [0.2, 0.25) is 0 Å². The summed E-state index contributed by atoms with van der Waals surface area (Å²) >= 11 is 0. The second-order valence-electron chi connectivity index (χ2n) is 5.68. The van der Waals surface area contributed by atoms with E-state index in [1.165, 1.54) is 0 Å². The third-order valence-electron chi connectivity index (χ3n) is 3.89. The van der Waals surface area contributed by atoms with Gasteiger partial charge in [0.1, 0.15) is 6.54 Å². The lowest BCUT2D eigenvalue weighted by Crippen LogP contribution is -2.42. The molecular formula is C15H28Cl2N4O2. The van der Waals surface area contributed by atoms with E-state index in [2.05, 4.69) is 5.10 Å². The van der Waals surface area contributed by atoms with Crippen LogP contribution in [0.1, 0.15) is 30.7 Å². The van der Waals surface area contributed by atoms with Crippen molar-refractivity contribution >= 4 is 30.7 Å². The maximum absolute atomic E-state index is 12.3. The number of likely N-dealkylation sites (tertiary alicyclic amines) is 1. The van der Waals surface area contributed by atoms with Gasteiger partial charge in [-0.05, 0) is 45.7 Å². The highest BCUT2D eigenvalue weighted by atomic mass is 35.5. The number of ether oxygens (including phenoxy) is 1. The van der Waals surface area contributed by atoms with Crippen LogP contribution in [-0.2, 0) is 16.1 Å². The predicted octanol–water partition coefficient (Wildman–Crippen LogP) is 1.70. The molecule has 1 amide bonds. The van der Waals surface area contributed by atoms with Crippen molar-refractivity contribution in [2.75, 3.05) is 26.2 Å². The van der Waals surface area contributed by atoms with E-state index < -0.39 is 0 Å². The summed E-state index contributed by atoms with van der Waals surface area (Å²) in [7, 11) is 0. The Morgan fingerprint density at radius 3 is 2.52 bits per heavy atom. The van der Waals surface area contributed by atoms with Crippen LogP contribution in [0.25, 0.3) is 0 Å². The topological polar surface area (TPSA) is 73.4 Å². The summed E-state index contributed by atoms with van der Waals surface area (Å²) < 4.78 is 7.54. The molecule has 1 aliphatic rings. The van der Waals surface area contributed by atoms with Crippen molar-refractivity contribution in [1.29, 1.82) is 0 Å². The number of nitrogens with zero attached hydrogens (tertiary/aromatic N) is 3. The zero-order chi connectivity index (χ0) is 15.2. The van der Waals surface area contributed by atoms with Crippen LogP contribution in [0, 0.1) is 13.8 Å². The highest BCUT2D eigenvalue weighted by Gasteiger charge is 2.23. The summed E-state index contributed by atoms with van der Waals surface area (Å²) in [4.78, 5) is 14.2. The quantitative estimate of drug-likeness (QED) is 0.777. The lowest BCUT2D eigenvalue weighted by Gasteiger charge is -2.32. The zero-order valence-corrected chi connectivity index (χ0v) is 15.5. The number of amides is 1. The van der Waals surface area contributed by atoms with E-state index in [-0.39, 0.29) is 36.8 Å². The van der Waals surface area contributed by atoms with Crippen molar-refractivity contribution < 1.29 is 9.53 Å². The Balaban J connectivity index is 0.00000242. The Morgan fingerprint density at radius 2 is 2.00 bits per heavy atom. The molecule has 2 N–H and O–H groups in total. The molecule has 0 radical (unpaired) electrons. The molecule has 1 aromatic rings.